The number of nitrogens with zero attached hydrogens (tertiary/aromatic N) is 1. The molecular formula is C37H49ClK2N2O5. The van der Waals surface area contributed by atoms with Gasteiger partial charge < -0.3 is 26.4 Å². The van der Waals surface area contributed by atoms with Crippen LogP contribution >= 0.6 is 11.6 Å². The van der Waals surface area contributed by atoms with E-state index < -0.39 is 0 Å². The number of ether oxygens (including phenoxy) is 2. The third-order valence-corrected chi connectivity index (χ3v) is 7.44. The van der Waals surface area contributed by atoms with E-state index in [1.165, 1.54) is 34.2 Å². The van der Waals surface area contributed by atoms with Crippen molar-refractivity contribution in [3.05, 3.63) is 130 Å². The molecule has 2 aliphatic heterocycles. The number of fused-ring (bicyclic) bond motifs is 2. The van der Waals surface area contributed by atoms with E-state index >= 15 is 0 Å². The van der Waals surface area contributed by atoms with Crippen LogP contribution in [-0.2, 0) is 48.0 Å². The molecule has 0 aliphatic carbocycles. The molecule has 0 saturated carbocycles. The average Bonchev–Trinajstić information content (AvgIpc) is 3.09. The minimum absolute atomic E-state index is 0. The molecule has 4 aromatic rings. The molecule has 2 aliphatic rings. The molecule has 246 valence electrons. The Morgan fingerprint density at radius 1 is 0.766 bits per heavy atom. The molecule has 7 nitrogen and oxygen atoms in total. The third-order valence-electron chi connectivity index (χ3n) is 7.13. The van der Waals surface area contributed by atoms with Crippen LogP contribution < -0.4 is 123 Å². The molecule has 0 amide bonds. The van der Waals surface area contributed by atoms with Gasteiger partial charge in [0.25, 0.3) is 6.47 Å². The van der Waals surface area contributed by atoms with Crippen molar-refractivity contribution in [3.8, 4) is 11.5 Å². The van der Waals surface area contributed by atoms with Gasteiger partial charge in [-0.25, -0.2) is 0 Å². The molecule has 1 N–H and O–H groups in total. The Labute approximate surface area is 374 Å². The van der Waals surface area contributed by atoms with Crippen molar-refractivity contribution in [2.45, 2.75) is 53.2 Å². The summed E-state index contributed by atoms with van der Waals surface area (Å²) in [6, 6.07) is 33.5. The van der Waals surface area contributed by atoms with Crippen molar-refractivity contribution in [3.63, 3.8) is 0 Å². The number of hydrogen-bond donors (Lipinski definition) is 1. The van der Waals surface area contributed by atoms with Crippen LogP contribution in [0.15, 0.2) is 97.1 Å². The number of halogens is 1. The zero-order chi connectivity index (χ0) is 30.7. The van der Waals surface area contributed by atoms with Gasteiger partial charge in [0.2, 0.25) is 0 Å². The Bertz CT molecular complexity index is 1320. The Morgan fingerprint density at radius 3 is 1.70 bits per heavy atom. The summed E-state index contributed by atoms with van der Waals surface area (Å²) in [6.45, 7) is 5.22. The van der Waals surface area contributed by atoms with Crippen LogP contribution in [0.2, 0.25) is 0 Å². The molecule has 0 aromatic heterocycles. The number of nitrogens with one attached hydrogen (secondary N) is 1. The van der Waals surface area contributed by atoms with E-state index in [0.29, 0.717) is 5.88 Å². The van der Waals surface area contributed by atoms with Gasteiger partial charge in [0.05, 0.1) is 14.2 Å². The standard InChI is InChI=1S/C17H19NO.C9H11N.C8H9ClO.CH2O3.2CH4.2K.H/c1-19-17-8-6-14(7-9-17)12-18-11-10-15-4-2-3-5-16(15)13-18;1-2-4-9-7-10-6-5-8(9)3-1;1-10-8-4-2-7(6-9)3-5-8;2-1-4-3;;;;;/h2-9H,10-13H2,1H3;1-4,10H,5-7H2;2-5H,6H2,1H3;1,3H;2*1H4;;;/q;;;;;;2*+1;-1/p-1. The summed E-state index contributed by atoms with van der Waals surface area (Å²) in [5.41, 5.74) is 8.42. The van der Waals surface area contributed by atoms with Gasteiger partial charge in [-0.2, -0.15) is 0 Å². The number of hydrogen-bond acceptors (Lipinski definition) is 7. The first-order valence-electron chi connectivity index (χ1n) is 14.2. The van der Waals surface area contributed by atoms with Gasteiger partial charge >= 0.3 is 103 Å². The minimum Gasteiger partial charge on any atom is -1.00 e. The summed E-state index contributed by atoms with van der Waals surface area (Å²) in [5, 5.41) is 11.8. The fraction of sp³-hybridized carbons (Fsp3) is 0.324. The molecule has 0 saturated heterocycles. The fourth-order valence-electron chi connectivity index (χ4n) is 4.81. The maximum absolute atomic E-state index is 8.64. The second kappa shape index (κ2) is 29.2. The minimum atomic E-state index is -0.181. The molecule has 0 spiro atoms. The maximum Gasteiger partial charge on any atom is 1.00 e. The zero-order valence-electron chi connectivity index (χ0n) is 27.8. The van der Waals surface area contributed by atoms with Gasteiger partial charge in [-0.15, -0.1) is 11.6 Å². The molecule has 0 radical (unpaired) electrons. The first-order valence-corrected chi connectivity index (χ1v) is 14.7. The number of benzene rings is 4. The Morgan fingerprint density at radius 2 is 1.23 bits per heavy atom. The molecule has 0 fully saturated rings. The molecule has 0 bridgehead atoms. The molecule has 0 atom stereocenters. The van der Waals surface area contributed by atoms with Crippen molar-refractivity contribution in [1.82, 2.24) is 10.2 Å². The van der Waals surface area contributed by atoms with Crippen molar-refractivity contribution < 1.29 is 129 Å². The Kier molecular flexibility index (Phi) is 30.1. The van der Waals surface area contributed by atoms with E-state index in [1.54, 1.807) is 14.2 Å². The van der Waals surface area contributed by atoms with E-state index in [2.05, 4.69) is 75.8 Å². The average molecular weight is 715 g/mol. The van der Waals surface area contributed by atoms with Gasteiger partial charge in [0.1, 0.15) is 11.5 Å². The van der Waals surface area contributed by atoms with Gasteiger partial charge in [0, 0.05) is 32.1 Å². The Hall–Kier alpha value is -0.607. The first kappa shape index (κ1) is 48.5. The van der Waals surface area contributed by atoms with E-state index in [1.807, 2.05) is 36.4 Å². The van der Waals surface area contributed by atoms with Gasteiger partial charge in [-0.1, -0.05) is 87.6 Å². The van der Waals surface area contributed by atoms with Crippen molar-refractivity contribution in [2.24, 2.45) is 0 Å². The zero-order valence-corrected chi connectivity index (χ0v) is 33.8. The maximum atomic E-state index is 8.64. The fourth-order valence-corrected chi connectivity index (χ4v) is 4.99. The molecule has 10 heteroatoms. The van der Waals surface area contributed by atoms with E-state index in [0.717, 1.165) is 56.2 Å². The van der Waals surface area contributed by atoms with Crippen molar-refractivity contribution >= 4 is 18.1 Å². The summed E-state index contributed by atoms with van der Waals surface area (Å²) in [7, 11) is 3.35. The molecule has 0 unspecified atom stereocenters. The summed E-state index contributed by atoms with van der Waals surface area (Å²) in [6.07, 6.45) is 2.35. The first-order chi connectivity index (χ1) is 21.1. The van der Waals surface area contributed by atoms with E-state index in [4.69, 9.17) is 31.1 Å². The monoisotopic (exact) mass is 714 g/mol. The summed E-state index contributed by atoms with van der Waals surface area (Å²) in [4.78, 5) is 13.8. The van der Waals surface area contributed by atoms with Gasteiger partial charge in [-0.3, -0.25) is 9.69 Å². The topological polar surface area (TPSA) is 83.1 Å². The Balaban J connectivity index is -0.000000605. The molecule has 47 heavy (non-hydrogen) atoms. The second-order valence-corrected chi connectivity index (χ2v) is 10.2. The van der Waals surface area contributed by atoms with Crippen LogP contribution in [0.1, 0.15) is 49.7 Å². The predicted octanol–water partition coefficient (Wildman–Crippen LogP) is 0.847. The second-order valence-electron chi connectivity index (χ2n) is 9.95. The molecule has 2 heterocycles. The summed E-state index contributed by atoms with van der Waals surface area (Å²) < 4.78 is 10.2. The van der Waals surface area contributed by atoms with Gasteiger partial charge in [0.15, 0.2) is 0 Å². The molecule has 4 aromatic carbocycles. The van der Waals surface area contributed by atoms with E-state index in [-0.39, 0.29) is 126 Å². The number of rotatable bonds is 6. The van der Waals surface area contributed by atoms with Crippen LogP contribution in [-0.4, -0.2) is 38.7 Å². The molecular weight excluding hydrogens is 666 g/mol. The van der Waals surface area contributed by atoms with Crippen LogP contribution in [0.4, 0.5) is 0 Å². The normalized spacial score (nSPS) is 12.0. The van der Waals surface area contributed by atoms with Crippen LogP contribution in [0.5, 0.6) is 11.5 Å². The van der Waals surface area contributed by atoms with Crippen molar-refractivity contribution in [2.75, 3.05) is 27.3 Å². The summed E-state index contributed by atoms with van der Waals surface area (Å²) >= 11 is 5.58. The van der Waals surface area contributed by atoms with Crippen LogP contribution in [0, 0.1) is 0 Å². The number of methoxy groups -OCH3 is 2. The van der Waals surface area contributed by atoms with Crippen LogP contribution in [0.25, 0.3) is 0 Å². The van der Waals surface area contributed by atoms with Crippen LogP contribution in [0.3, 0.4) is 0 Å². The van der Waals surface area contributed by atoms with Gasteiger partial charge in [-0.05, 0) is 77.0 Å². The SMILES string of the molecule is C.C.COc1ccc(CCl)cc1.COc1ccc(CN2CCc3ccccc3C2)cc1.O=CO[O-].[H-].[K+].[K+].c1ccc2c(c1)CCNC2. The number of alkyl halides is 1. The summed E-state index contributed by atoms with van der Waals surface area (Å²) in [5.74, 6) is 2.35. The third kappa shape index (κ3) is 18.3. The largest absolute Gasteiger partial charge is 1.00 e. The van der Waals surface area contributed by atoms with Crippen molar-refractivity contribution in [1.29, 1.82) is 0 Å². The predicted molar refractivity (Wildman–Crippen MR) is 183 cm³/mol. The quantitative estimate of drug-likeness (QED) is 0.104. The molecule has 6 rings (SSSR count). The number of carbonyl (C=O) groups is 1. The van der Waals surface area contributed by atoms with E-state index in [9.17, 15) is 0 Å². The smallest absolute Gasteiger partial charge is 1.00 e. The number of carbonyl (C=O) groups excluding carboxylic acids is 1.